The van der Waals surface area contributed by atoms with E-state index in [4.69, 9.17) is 18.9 Å². The van der Waals surface area contributed by atoms with Crippen LogP contribution in [0.3, 0.4) is 0 Å². The van der Waals surface area contributed by atoms with Crippen LogP contribution in [0.5, 0.6) is 11.5 Å². The van der Waals surface area contributed by atoms with Crippen LogP contribution >= 0.6 is 0 Å². The fraction of sp³-hybridized carbons (Fsp3) is 0.294. The Morgan fingerprint density at radius 3 is 1.70 bits per heavy atom. The Morgan fingerprint density at radius 2 is 1.30 bits per heavy atom. The lowest BCUT2D eigenvalue weighted by Gasteiger charge is -2.11. The molecule has 1 heterocycles. The number of benzene rings is 2. The summed E-state index contributed by atoms with van der Waals surface area (Å²) in [5, 5.41) is 1.51. The van der Waals surface area contributed by atoms with E-state index in [0.29, 0.717) is 11.5 Å². The van der Waals surface area contributed by atoms with Gasteiger partial charge in [-0.15, -0.1) is 0 Å². The van der Waals surface area contributed by atoms with Gasteiger partial charge < -0.3 is 18.9 Å². The van der Waals surface area contributed by atoms with Crippen LogP contribution in [0.4, 0.5) is 0 Å². The maximum absolute atomic E-state index is 12.2. The third-order valence-corrected chi connectivity index (χ3v) is 3.46. The van der Waals surface area contributed by atoms with Crippen LogP contribution in [0.15, 0.2) is 24.3 Å². The Hall–Kier alpha value is -2.76. The van der Waals surface area contributed by atoms with Gasteiger partial charge in [0.1, 0.15) is 0 Å². The van der Waals surface area contributed by atoms with E-state index in [-0.39, 0.29) is 31.1 Å². The van der Waals surface area contributed by atoms with Gasteiger partial charge in [0, 0.05) is 0 Å². The Bertz CT molecular complexity index is 716. The fourth-order valence-electron chi connectivity index (χ4n) is 2.45. The highest BCUT2D eigenvalue weighted by Gasteiger charge is 2.22. The molecule has 6 nitrogen and oxygen atoms in total. The maximum Gasteiger partial charge on any atom is 0.339 e. The molecule has 1 aliphatic heterocycles. The molecule has 0 saturated heterocycles. The summed E-state index contributed by atoms with van der Waals surface area (Å²) in [4.78, 5) is 24.3. The molecule has 0 bridgehead atoms. The van der Waals surface area contributed by atoms with Crippen molar-refractivity contribution in [3.8, 4) is 11.5 Å². The number of rotatable bonds is 4. The van der Waals surface area contributed by atoms with Crippen LogP contribution < -0.4 is 9.47 Å². The first kappa shape index (κ1) is 15.1. The number of ether oxygens (including phenoxy) is 4. The lowest BCUT2D eigenvalue weighted by molar-refractivity contribution is 0.0479. The van der Waals surface area contributed by atoms with E-state index in [1.165, 1.54) is 0 Å². The van der Waals surface area contributed by atoms with Crippen molar-refractivity contribution in [1.29, 1.82) is 0 Å². The Labute approximate surface area is 132 Å². The molecule has 0 saturated carbocycles. The minimum atomic E-state index is -0.560. The molecular weight excluding hydrogens is 300 g/mol. The van der Waals surface area contributed by atoms with Crippen molar-refractivity contribution in [2.45, 2.75) is 13.8 Å². The number of fused-ring (bicyclic) bond motifs is 2. The van der Waals surface area contributed by atoms with Gasteiger partial charge in [0.2, 0.25) is 6.79 Å². The van der Waals surface area contributed by atoms with Gasteiger partial charge in [0.05, 0.1) is 24.3 Å². The Balaban J connectivity index is 2.16. The van der Waals surface area contributed by atoms with Gasteiger partial charge in [0.15, 0.2) is 11.5 Å². The third kappa shape index (κ3) is 2.79. The van der Waals surface area contributed by atoms with Crippen molar-refractivity contribution in [2.75, 3.05) is 20.0 Å². The summed E-state index contributed by atoms with van der Waals surface area (Å²) in [6.07, 6.45) is 0. The summed E-state index contributed by atoms with van der Waals surface area (Å²) in [5.74, 6) is 0.0950. The zero-order chi connectivity index (χ0) is 16.4. The Morgan fingerprint density at radius 1 is 0.870 bits per heavy atom. The van der Waals surface area contributed by atoms with Crippen LogP contribution in [0.2, 0.25) is 0 Å². The quantitative estimate of drug-likeness (QED) is 0.808. The zero-order valence-corrected chi connectivity index (χ0v) is 12.9. The molecule has 0 spiro atoms. The fourth-order valence-corrected chi connectivity index (χ4v) is 2.45. The molecule has 0 amide bonds. The summed E-state index contributed by atoms with van der Waals surface area (Å²) in [5.41, 5.74) is 0.355. The van der Waals surface area contributed by atoms with E-state index < -0.39 is 11.9 Å². The molecule has 0 N–H and O–H groups in total. The number of hydrogen-bond donors (Lipinski definition) is 0. The van der Waals surface area contributed by atoms with E-state index in [2.05, 4.69) is 0 Å². The van der Waals surface area contributed by atoms with Crippen molar-refractivity contribution in [2.24, 2.45) is 0 Å². The molecule has 0 atom stereocenters. The molecule has 0 aromatic heterocycles. The lowest BCUT2D eigenvalue weighted by Crippen LogP contribution is -2.14. The van der Waals surface area contributed by atoms with Gasteiger partial charge in [-0.3, -0.25) is 0 Å². The molecular formula is C17H16O6. The van der Waals surface area contributed by atoms with Gasteiger partial charge in [-0.25, -0.2) is 9.59 Å². The molecule has 120 valence electrons. The summed E-state index contributed by atoms with van der Waals surface area (Å²) < 4.78 is 20.8. The topological polar surface area (TPSA) is 71.1 Å². The predicted octanol–water partition coefficient (Wildman–Crippen LogP) is 2.92. The second-order valence-electron chi connectivity index (χ2n) is 4.89. The summed E-state index contributed by atoms with van der Waals surface area (Å²) >= 11 is 0. The molecule has 23 heavy (non-hydrogen) atoms. The molecule has 0 unspecified atom stereocenters. The largest absolute Gasteiger partial charge is 0.462 e. The first-order valence-electron chi connectivity index (χ1n) is 7.35. The van der Waals surface area contributed by atoms with E-state index >= 15 is 0 Å². The Kier molecular flexibility index (Phi) is 4.06. The first-order valence-corrected chi connectivity index (χ1v) is 7.35. The average molecular weight is 316 g/mol. The van der Waals surface area contributed by atoms with Crippen LogP contribution in [0.25, 0.3) is 10.8 Å². The average Bonchev–Trinajstić information content (AvgIpc) is 2.99. The molecule has 2 aromatic carbocycles. The second kappa shape index (κ2) is 6.16. The van der Waals surface area contributed by atoms with Gasteiger partial charge >= 0.3 is 11.9 Å². The minimum Gasteiger partial charge on any atom is -0.462 e. The smallest absolute Gasteiger partial charge is 0.339 e. The standard InChI is InChI=1S/C17H16O6/c1-3-20-16(18)12-5-10-7-14-15(23-9-22-14)8-11(10)6-13(12)17(19)21-4-2/h5-8H,3-4,9H2,1-2H3. The van der Waals surface area contributed by atoms with E-state index in [0.717, 1.165) is 10.8 Å². The van der Waals surface area contributed by atoms with Crippen molar-refractivity contribution in [1.82, 2.24) is 0 Å². The SMILES string of the molecule is CCOC(=O)c1cc2cc3c(cc2cc1C(=O)OCC)OCO3. The number of hydrogen-bond acceptors (Lipinski definition) is 6. The lowest BCUT2D eigenvalue weighted by atomic mass is 10.00. The van der Waals surface area contributed by atoms with E-state index in [1.54, 1.807) is 38.1 Å². The summed E-state index contributed by atoms with van der Waals surface area (Å²) in [6, 6.07) is 6.77. The molecule has 2 aromatic rings. The van der Waals surface area contributed by atoms with Gasteiger partial charge in [-0.05, 0) is 48.9 Å². The second-order valence-corrected chi connectivity index (χ2v) is 4.89. The van der Waals surface area contributed by atoms with Crippen molar-refractivity contribution in [3.63, 3.8) is 0 Å². The van der Waals surface area contributed by atoms with E-state index in [9.17, 15) is 9.59 Å². The molecule has 1 aliphatic rings. The highest BCUT2D eigenvalue weighted by atomic mass is 16.7. The molecule has 0 fully saturated rings. The molecule has 0 radical (unpaired) electrons. The number of esters is 2. The van der Waals surface area contributed by atoms with Crippen LogP contribution in [-0.4, -0.2) is 31.9 Å². The molecule has 6 heteroatoms. The molecule has 0 aliphatic carbocycles. The number of carbonyl (C=O) groups excluding carboxylic acids is 2. The van der Waals surface area contributed by atoms with Crippen LogP contribution in [0.1, 0.15) is 34.6 Å². The third-order valence-electron chi connectivity index (χ3n) is 3.46. The highest BCUT2D eigenvalue weighted by Crippen LogP contribution is 2.37. The maximum atomic E-state index is 12.2. The predicted molar refractivity (Wildman–Crippen MR) is 82.0 cm³/mol. The normalized spacial score (nSPS) is 12.3. The highest BCUT2D eigenvalue weighted by molar-refractivity contribution is 6.07. The van der Waals surface area contributed by atoms with Gasteiger partial charge in [-0.2, -0.15) is 0 Å². The first-order chi connectivity index (χ1) is 11.1. The van der Waals surface area contributed by atoms with Crippen LogP contribution in [-0.2, 0) is 9.47 Å². The van der Waals surface area contributed by atoms with Crippen LogP contribution in [0, 0.1) is 0 Å². The van der Waals surface area contributed by atoms with Crippen molar-refractivity contribution >= 4 is 22.7 Å². The van der Waals surface area contributed by atoms with Crippen molar-refractivity contribution in [3.05, 3.63) is 35.4 Å². The van der Waals surface area contributed by atoms with Gasteiger partial charge in [-0.1, -0.05) is 0 Å². The minimum absolute atomic E-state index is 0.154. The monoisotopic (exact) mass is 316 g/mol. The van der Waals surface area contributed by atoms with Gasteiger partial charge in [0.25, 0.3) is 0 Å². The van der Waals surface area contributed by atoms with Crippen molar-refractivity contribution < 1.29 is 28.5 Å². The van der Waals surface area contributed by atoms with E-state index in [1.807, 2.05) is 0 Å². The summed E-state index contributed by atoms with van der Waals surface area (Å²) in [7, 11) is 0. The molecule has 3 rings (SSSR count). The zero-order valence-electron chi connectivity index (χ0n) is 12.9. The summed E-state index contributed by atoms with van der Waals surface area (Å²) in [6.45, 7) is 4.02. The number of carbonyl (C=O) groups is 2.